The molecule has 4 rings (SSSR count). The number of furan rings is 1. The fourth-order valence-electron chi connectivity index (χ4n) is 3.24. The Kier molecular flexibility index (Phi) is 7.34. The molecule has 0 bridgehead atoms. The molecular formula is C22H23IN4O3. The minimum Gasteiger partial charge on any atom is -0.493 e. The molecule has 1 aromatic heterocycles. The lowest BCUT2D eigenvalue weighted by Gasteiger charge is -2.26. The number of carbonyl (C=O) groups is 1. The van der Waals surface area contributed by atoms with E-state index < -0.39 is 0 Å². The van der Waals surface area contributed by atoms with Gasteiger partial charge in [-0.15, -0.1) is 24.0 Å². The Morgan fingerprint density at radius 3 is 2.83 bits per heavy atom. The molecular weight excluding hydrogens is 495 g/mol. The van der Waals surface area contributed by atoms with Crippen molar-refractivity contribution in [1.29, 1.82) is 0 Å². The quantitative estimate of drug-likeness (QED) is 0.269. The average molecular weight is 518 g/mol. The first-order chi connectivity index (χ1) is 14.2. The third kappa shape index (κ3) is 5.32. The number of carbonyl (C=O) groups excluding carboxylic acids is 1. The van der Waals surface area contributed by atoms with Crippen molar-refractivity contribution in [2.75, 3.05) is 11.9 Å². The fraction of sp³-hybridized carbons (Fsp3) is 0.182. The van der Waals surface area contributed by atoms with E-state index in [4.69, 9.17) is 14.9 Å². The summed E-state index contributed by atoms with van der Waals surface area (Å²) in [5.74, 6) is 1.22. The Morgan fingerprint density at radius 1 is 1.13 bits per heavy atom. The van der Waals surface area contributed by atoms with E-state index in [1.807, 2.05) is 48.5 Å². The monoisotopic (exact) mass is 518 g/mol. The normalized spacial score (nSPS) is 15.3. The topological polar surface area (TPSA) is 102 Å². The lowest BCUT2D eigenvalue weighted by molar-refractivity contribution is 0.0996. The molecule has 1 aliphatic rings. The number of anilines is 1. The van der Waals surface area contributed by atoms with Crippen LogP contribution in [0.1, 0.15) is 34.1 Å². The summed E-state index contributed by atoms with van der Waals surface area (Å²) in [7, 11) is 0. The molecule has 7 nitrogen and oxygen atoms in total. The van der Waals surface area contributed by atoms with Gasteiger partial charge in [0.2, 0.25) is 0 Å². The van der Waals surface area contributed by atoms with Crippen LogP contribution < -0.4 is 21.1 Å². The SMILES string of the molecule is I.NC(=NCc1cccc(NC(=O)c2ccco2)c1)NC1CCOc2ccccc21. The van der Waals surface area contributed by atoms with Gasteiger partial charge in [-0.25, -0.2) is 4.99 Å². The highest BCUT2D eigenvalue weighted by Gasteiger charge is 2.21. The lowest BCUT2D eigenvalue weighted by atomic mass is 10.0. The van der Waals surface area contributed by atoms with Gasteiger partial charge in [-0.2, -0.15) is 0 Å². The second-order valence-electron chi connectivity index (χ2n) is 6.71. The van der Waals surface area contributed by atoms with E-state index >= 15 is 0 Å². The van der Waals surface area contributed by atoms with Crippen molar-refractivity contribution in [3.05, 3.63) is 83.8 Å². The maximum Gasteiger partial charge on any atom is 0.291 e. The van der Waals surface area contributed by atoms with Gasteiger partial charge < -0.3 is 25.5 Å². The van der Waals surface area contributed by atoms with Crippen LogP contribution in [0.15, 0.2) is 76.3 Å². The molecule has 0 spiro atoms. The molecule has 1 atom stereocenters. The van der Waals surface area contributed by atoms with Gasteiger partial charge >= 0.3 is 0 Å². The number of nitrogens with one attached hydrogen (secondary N) is 2. The zero-order valence-corrected chi connectivity index (χ0v) is 18.5. The number of nitrogens with zero attached hydrogens (tertiary/aromatic N) is 1. The van der Waals surface area contributed by atoms with Gasteiger partial charge in [0.15, 0.2) is 11.7 Å². The molecule has 4 N–H and O–H groups in total. The molecule has 0 aliphatic carbocycles. The summed E-state index contributed by atoms with van der Waals surface area (Å²) in [5, 5.41) is 6.08. The minimum absolute atomic E-state index is 0. The van der Waals surface area contributed by atoms with Crippen LogP contribution in [0.3, 0.4) is 0 Å². The van der Waals surface area contributed by atoms with E-state index in [9.17, 15) is 4.79 Å². The molecule has 0 radical (unpaired) electrons. The Bertz CT molecular complexity index is 1020. The van der Waals surface area contributed by atoms with E-state index in [0.717, 1.165) is 23.3 Å². The van der Waals surface area contributed by atoms with Crippen LogP contribution in [0.5, 0.6) is 5.75 Å². The number of para-hydroxylation sites is 1. The largest absolute Gasteiger partial charge is 0.493 e. The molecule has 2 heterocycles. The molecule has 1 unspecified atom stereocenters. The minimum atomic E-state index is -0.296. The van der Waals surface area contributed by atoms with Crippen molar-refractivity contribution in [3.63, 3.8) is 0 Å². The van der Waals surface area contributed by atoms with Crippen LogP contribution in [-0.2, 0) is 6.54 Å². The molecule has 2 aromatic carbocycles. The van der Waals surface area contributed by atoms with Crippen LogP contribution >= 0.6 is 24.0 Å². The number of benzene rings is 2. The van der Waals surface area contributed by atoms with Crippen LogP contribution in [-0.4, -0.2) is 18.5 Å². The molecule has 8 heteroatoms. The Labute approximate surface area is 191 Å². The number of fused-ring (bicyclic) bond motifs is 1. The van der Waals surface area contributed by atoms with Crippen molar-refractivity contribution < 1.29 is 13.9 Å². The third-order valence-electron chi connectivity index (χ3n) is 4.64. The molecule has 0 saturated heterocycles. The number of hydrogen-bond acceptors (Lipinski definition) is 4. The molecule has 30 heavy (non-hydrogen) atoms. The van der Waals surface area contributed by atoms with Crippen LogP contribution in [0.4, 0.5) is 5.69 Å². The second-order valence-corrected chi connectivity index (χ2v) is 6.71. The Morgan fingerprint density at radius 2 is 2.00 bits per heavy atom. The number of guanidine groups is 1. The molecule has 0 saturated carbocycles. The molecule has 0 fully saturated rings. The maximum atomic E-state index is 12.1. The molecule has 3 aromatic rings. The lowest BCUT2D eigenvalue weighted by Crippen LogP contribution is -2.37. The number of aliphatic imine (C=N–C) groups is 1. The van der Waals surface area contributed by atoms with E-state index in [1.54, 1.807) is 12.1 Å². The number of hydrogen-bond donors (Lipinski definition) is 3. The van der Waals surface area contributed by atoms with Gasteiger partial charge in [-0.05, 0) is 35.9 Å². The predicted octanol–water partition coefficient (Wildman–Crippen LogP) is 4.08. The van der Waals surface area contributed by atoms with Crippen molar-refractivity contribution >= 4 is 41.5 Å². The van der Waals surface area contributed by atoms with Gasteiger partial charge in [0.05, 0.1) is 25.5 Å². The Hall–Kier alpha value is -3.01. The van der Waals surface area contributed by atoms with Crippen LogP contribution in [0.25, 0.3) is 0 Å². The van der Waals surface area contributed by atoms with Crippen molar-refractivity contribution in [3.8, 4) is 5.75 Å². The predicted molar refractivity (Wildman–Crippen MR) is 126 cm³/mol. The second kappa shape index (κ2) is 10.1. The zero-order chi connectivity index (χ0) is 20.1. The van der Waals surface area contributed by atoms with Crippen LogP contribution in [0.2, 0.25) is 0 Å². The average Bonchev–Trinajstić information content (AvgIpc) is 3.28. The number of ether oxygens (including phenoxy) is 1. The van der Waals surface area contributed by atoms with Gasteiger partial charge in [-0.1, -0.05) is 30.3 Å². The van der Waals surface area contributed by atoms with Crippen molar-refractivity contribution in [2.45, 2.75) is 19.0 Å². The number of rotatable bonds is 5. The summed E-state index contributed by atoms with van der Waals surface area (Å²) in [5.41, 5.74) is 8.79. The first kappa shape index (κ1) is 21.7. The van der Waals surface area contributed by atoms with Gasteiger partial charge in [0.1, 0.15) is 5.75 Å². The molecule has 1 amide bonds. The third-order valence-corrected chi connectivity index (χ3v) is 4.64. The van der Waals surface area contributed by atoms with E-state index in [-0.39, 0.29) is 41.7 Å². The number of amides is 1. The van der Waals surface area contributed by atoms with E-state index in [1.165, 1.54) is 6.26 Å². The first-order valence-corrected chi connectivity index (χ1v) is 9.41. The van der Waals surface area contributed by atoms with E-state index in [2.05, 4.69) is 15.6 Å². The van der Waals surface area contributed by atoms with Crippen LogP contribution in [0, 0.1) is 0 Å². The van der Waals surface area contributed by atoms with Gasteiger partial charge in [-0.3, -0.25) is 4.79 Å². The highest BCUT2D eigenvalue weighted by molar-refractivity contribution is 14.0. The Balaban J connectivity index is 0.00000256. The summed E-state index contributed by atoms with van der Waals surface area (Å²) in [4.78, 5) is 16.5. The van der Waals surface area contributed by atoms with Gasteiger partial charge in [0.25, 0.3) is 5.91 Å². The van der Waals surface area contributed by atoms with Gasteiger partial charge in [0, 0.05) is 17.7 Å². The summed E-state index contributed by atoms with van der Waals surface area (Å²) < 4.78 is 10.8. The summed E-state index contributed by atoms with van der Waals surface area (Å²) >= 11 is 0. The number of nitrogens with two attached hydrogens (primary N) is 1. The summed E-state index contributed by atoms with van der Waals surface area (Å²) in [6, 6.07) is 18.8. The highest BCUT2D eigenvalue weighted by Crippen LogP contribution is 2.31. The molecule has 1 aliphatic heterocycles. The number of halogens is 1. The van der Waals surface area contributed by atoms with Crippen molar-refractivity contribution in [2.24, 2.45) is 10.7 Å². The fourth-order valence-corrected chi connectivity index (χ4v) is 3.24. The molecule has 156 valence electrons. The highest BCUT2D eigenvalue weighted by atomic mass is 127. The van der Waals surface area contributed by atoms with E-state index in [0.29, 0.717) is 24.8 Å². The zero-order valence-electron chi connectivity index (χ0n) is 16.2. The smallest absolute Gasteiger partial charge is 0.291 e. The first-order valence-electron chi connectivity index (χ1n) is 9.41. The summed E-state index contributed by atoms with van der Waals surface area (Å²) in [6.45, 7) is 1.04. The summed E-state index contributed by atoms with van der Waals surface area (Å²) in [6.07, 6.45) is 2.29. The van der Waals surface area contributed by atoms with Crippen molar-refractivity contribution in [1.82, 2.24) is 5.32 Å². The maximum absolute atomic E-state index is 12.1. The standard InChI is InChI=1S/C22H22N4O3.HI/c23-22(26-18-10-12-29-19-8-2-1-7-17(18)19)24-14-15-5-3-6-16(13-15)25-21(27)20-9-4-11-28-20;/h1-9,11,13,18H,10,12,14H2,(H,25,27)(H3,23,24,26);1H.